The third-order valence-corrected chi connectivity index (χ3v) is 2.46. The first kappa shape index (κ1) is 10.5. The first-order chi connectivity index (χ1) is 6.16. The number of carbonyl (C=O) groups is 1. The summed E-state index contributed by atoms with van der Waals surface area (Å²) in [5.74, 6) is -0.172. The molecule has 0 aromatic rings. The van der Waals surface area contributed by atoms with Gasteiger partial charge in [0.05, 0.1) is 20.3 Å². The SMILES string of the molecule is COC(=O)C(C)N1CCOCC1C. The fourth-order valence-corrected chi connectivity index (χ4v) is 1.62. The molecule has 0 N–H and O–H groups in total. The summed E-state index contributed by atoms with van der Waals surface area (Å²) in [6.45, 7) is 6.12. The van der Waals surface area contributed by atoms with Crippen molar-refractivity contribution in [1.29, 1.82) is 0 Å². The Hall–Kier alpha value is -0.610. The molecule has 13 heavy (non-hydrogen) atoms. The zero-order valence-electron chi connectivity index (χ0n) is 8.45. The van der Waals surface area contributed by atoms with Crippen LogP contribution in [-0.4, -0.2) is 49.8 Å². The number of methoxy groups -OCH3 is 1. The number of morpholine rings is 1. The van der Waals surface area contributed by atoms with Crippen molar-refractivity contribution in [3.8, 4) is 0 Å². The summed E-state index contributed by atoms with van der Waals surface area (Å²) in [5.41, 5.74) is 0. The molecule has 1 aliphatic heterocycles. The Morgan fingerprint density at radius 2 is 2.38 bits per heavy atom. The minimum absolute atomic E-state index is 0.163. The highest BCUT2D eigenvalue weighted by Crippen LogP contribution is 2.11. The third kappa shape index (κ3) is 2.42. The van der Waals surface area contributed by atoms with Gasteiger partial charge in [0.25, 0.3) is 0 Å². The van der Waals surface area contributed by atoms with Crippen LogP contribution in [0.4, 0.5) is 0 Å². The fraction of sp³-hybridized carbons (Fsp3) is 0.889. The van der Waals surface area contributed by atoms with Crippen LogP contribution in [0.2, 0.25) is 0 Å². The lowest BCUT2D eigenvalue weighted by molar-refractivity contribution is -0.149. The molecule has 0 spiro atoms. The van der Waals surface area contributed by atoms with Gasteiger partial charge in [-0.2, -0.15) is 0 Å². The highest BCUT2D eigenvalue weighted by atomic mass is 16.5. The Morgan fingerprint density at radius 3 is 2.92 bits per heavy atom. The van der Waals surface area contributed by atoms with Gasteiger partial charge in [0.2, 0.25) is 0 Å². The van der Waals surface area contributed by atoms with E-state index in [0.717, 1.165) is 6.54 Å². The van der Waals surface area contributed by atoms with Gasteiger partial charge in [-0.25, -0.2) is 0 Å². The number of carbonyl (C=O) groups excluding carboxylic acids is 1. The number of rotatable bonds is 2. The second-order valence-corrected chi connectivity index (χ2v) is 3.36. The summed E-state index contributed by atoms with van der Waals surface area (Å²) in [6.07, 6.45) is 0. The van der Waals surface area contributed by atoms with Gasteiger partial charge in [0, 0.05) is 12.6 Å². The van der Waals surface area contributed by atoms with Crippen LogP contribution in [-0.2, 0) is 14.3 Å². The average molecular weight is 187 g/mol. The van der Waals surface area contributed by atoms with E-state index >= 15 is 0 Å². The van der Waals surface area contributed by atoms with Crippen LogP contribution in [0.25, 0.3) is 0 Å². The van der Waals surface area contributed by atoms with Crippen molar-refractivity contribution >= 4 is 5.97 Å². The summed E-state index contributed by atoms with van der Waals surface area (Å²) in [4.78, 5) is 13.4. The Kier molecular flexibility index (Phi) is 3.69. The second kappa shape index (κ2) is 4.58. The predicted octanol–water partition coefficient (Wildman–Crippen LogP) is 0.269. The Labute approximate surface area is 78.8 Å². The lowest BCUT2D eigenvalue weighted by Gasteiger charge is -2.36. The third-order valence-electron chi connectivity index (χ3n) is 2.46. The Balaban J connectivity index is 2.53. The number of hydrogen-bond donors (Lipinski definition) is 0. The molecule has 0 aliphatic carbocycles. The number of esters is 1. The van der Waals surface area contributed by atoms with E-state index in [0.29, 0.717) is 19.3 Å². The molecule has 2 unspecified atom stereocenters. The van der Waals surface area contributed by atoms with Crippen LogP contribution in [0.1, 0.15) is 13.8 Å². The summed E-state index contributed by atoms with van der Waals surface area (Å²) < 4.78 is 9.97. The van der Waals surface area contributed by atoms with E-state index < -0.39 is 0 Å². The van der Waals surface area contributed by atoms with Gasteiger partial charge in [0.15, 0.2) is 0 Å². The van der Waals surface area contributed by atoms with Crippen LogP contribution in [0.3, 0.4) is 0 Å². The molecule has 0 aromatic carbocycles. The van der Waals surface area contributed by atoms with Crippen LogP contribution in [0.5, 0.6) is 0 Å². The maximum absolute atomic E-state index is 11.3. The molecule has 1 aliphatic rings. The van der Waals surface area contributed by atoms with Crippen LogP contribution < -0.4 is 0 Å². The van der Waals surface area contributed by atoms with Gasteiger partial charge in [0.1, 0.15) is 6.04 Å². The van der Waals surface area contributed by atoms with Gasteiger partial charge >= 0.3 is 5.97 Å². The molecule has 0 saturated carbocycles. The van der Waals surface area contributed by atoms with E-state index in [1.165, 1.54) is 7.11 Å². The molecule has 0 aromatic heterocycles. The topological polar surface area (TPSA) is 38.8 Å². The van der Waals surface area contributed by atoms with Gasteiger partial charge in [-0.1, -0.05) is 0 Å². The quantitative estimate of drug-likeness (QED) is 0.582. The highest BCUT2D eigenvalue weighted by molar-refractivity contribution is 5.75. The number of hydrogen-bond acceptors (Lipinski definition) is 4. The summed E-state index contributed by atoms with van der Waals surface area (Å²) in [5, 5.41) is 0. The number of ether oxygens (including phenoxy) is 2. The minimum atomic E-state index is -0.172. The highest BCUT2D eigenvalue weighted by Gasteiger charge is 2.28. The summed E-state index contributed by atoms with van der Waals surface area (Å²) in [7, 11) is 1.42. The molecule has 4 heteroatoms. The van der Waals surface area contributed by atoms with Crippen molar-refractivity contribution in [2.45, 2.75) is 25.9 Å². The van der Waals surface area contributed by atoms with Crippen molar-refractivity contribution in [1.82, 2.24) is 4.90 Å². The predicted molar refractivity (Wildman–Crippen MR) is 48.5 cm³/mol. The van der Waals surface area contributed by atoms with E-state index in [-0.39, 0.29) is 12.0 Å². The van der Waals surface area contributed by atoms with Gasteiger partial charge in [-0.15, -0.1) is 0 Å². The van der Waals surface area contributed by atoms with Gasteiger partial charge in [-0.05, 0) is 13.8 Å². The van der Waals surface area contributed by atoms with Gasteiger partial charge in [-0.3, -0.25) is 9.69 Å². The zero-order chi connectivity index (χ0) is 9.84. The number of nitrogens with zero attached hydrogens (tertiary/aromatic N) is 1. The van der Waals surface area contributed by atoms with E-state index in [1.807, 2.05) is 6.92 Å². The molecule has 2 atom stereocenters. The molecule has 4 nitrogen and oxygen atoms in total. The van der Waals surface area contributed by atoms with E-state index in [1.54, 1.807) is 0 Å². The lowest BCUT2D eigenvalue weighted by Crippen LogP contribution is -2.51. The fourth-order valence-electron chi connectivity index (χ4n) is 1.62. The lowest BCUT2D eigenvalue weighted by atomic mass is 10.2. The molecule has 1 rings (SSSR count). The molecule has 1 heterocycles. The normalized spacial score (nSPS) is 26.8. The molecular weight excluding hydrogens is 170 g/mol. The largest absolute Gasteiger partial charge is 0.468 e. The van der Waals surface area contributed by atoms with E-state index in [2.05, 4.69) is 11.8 Å². The van der Waals surface area contributed by atoms with E-state index in [9.17, 15) is 4.79 Å². The van der Waals surface area contributed by atoms with Crippen molar-refractivity contribution < 1.29 is 14.3 Å². The van der Waals surface area contributed by atoms with Crippen molar-refractivity contribution in [3.63, 3.8) is 0 Å². The second-order valence-electron chi connectivity index (χ2n) is 3.36. The van der Waals surface area contributed by atoms with Crippen LogP contribution in [0.15, 0.2) is 0 Å². The molecule has 0 radical (unpaired) electrons. The van der Waals surface area contributed by atoms with Crippen molar-refractivity contribution in [2.24, 2.45) is 0 Å². The molecule has 0 amide bonds. The van der Waals surface area contributed by atoms with Crippen molar-refractivity contribution in [2.75, 3.05) is 26.9 Å². The van der Waals surface area contributed by atoms with Crippen LogP contribution in [0, 0.1) is 0 Å². The molecule has 1 fully saturated rings. The Bertz CT molecular complexity index is 184. The smallest absolute Gasteiger partial charge is 0.322 e. The summed E-state index contributed by atoms with van der Waals surface area (Å²) in [6, 6.07) is 0.131. The molecule has 0 bridgehead atoms. The average Bonchev–Trinajstić information content (AvgIpc) is 2.16. The Morgan fingerprint density at radius 1 is 1.69 bits per heavy atom. The monoisotopic (exact) mass is 187 g/mol. The minimum Gasteiger partial charge on any atom is -0.468 e. The standard InChI is InChI=1S/C9H17NO3/c1-7-6-13-5-4-10(7)8(2)9(11)12-3/h7-8H,4-6H2,1-3H3. The molecule has 76 valence electrons. The first-order valence-electron chi connectivity index (χ1n) is 4.58. The first-order valence-corrected chi connectivity index (χ1v) is 4.58. The summed E-state index contributed by atoms with van der Waals surface area (Å²) >= 11 is 0. The van der Waals surface area contributed by atoms with Crippen LogP contribution >= 0.6 is 0 Å². The van der Waals surface area contributed by atoms with Crippen molar-refractivity contribution in [3.05, 3.63) is 0 Å². The maximum atomic E-state index is 11.3. The molecular formula is C9H17NO3. The van der Waals surface area contributed by atoms with Gasteiger partial charge < -0.3 is 9.47 Å². The maximum Gasteiger partial charge on any atom is 0.322 e. The van der Waals surface area contributed by atoms with E-state index in [4.69, 9.17) is 9.47 Å². The molecule has 1 saturated heterocycles. The zero-order valence-corrected chi connectivity index (χ0v) is 8.45.